The molecule has 1 heterocycles. The van der Waals surface area contributed by atoms with Crippen LogP contribution in [0.15, 0.2) is 42.2 Å². The minimum Gasteiger partial charge on any atom is -0.503 e. The van der Waals surface area contributed by atoms with Crippen LogP contribution in [0.1, 0.15) is 18.5 Å². The summed E-state index contributed by atoms with van der Waals surface area (Å²) >= 11 is 0. The highest BCUT2D eigenvalue weighted by molar-refractivity contribution is 6.08. The molecule has 1 aromatic carbocycles. The number of carbonyl (C=O) groups excluding carboxylic acids is 2. The van der Waals surface area contributed by atoms with E-state index in [9.17, 15) is 14.7 Å². The average Bonchev–Trinajstić information content (AvgIpc) is 2.79. The number of aliphatic hydroxyl groups is 1. The van der Waals surface area contributed by atoms with Crippen molar-refractivity contribution in [2.75, 3.05) is 20.8 Å². The highest BCUT2D eigenvalue weighted by atomic mass is 16.5. The van der Waals surface area contributed by atoms with Crippen molar-refractivity contribution >= 4 is 11.7 Å². The third kappa shape index (κ3) is 2.79. The topological polar surface area (TPSA) is 76.1 Å². The van der Waals surface area contributed by atoms with Gasteiger partial charge in [-0.15, -0.1) is 6.58 Å². The standard InChI is InChI=1S/C17H19NO5/c1-5-8-18-15(14(10(2)19)16(20)17(18)21)12-7-6-11(22-3)9-13(12)23-4/h5-7,9,15,20H,1,8H2,2-4H3. The number of Topliss-reactive ketones (excluding diaryl/α,β-unsaturated/α-hetero) is 1. The molecule has 6 heteroatoms. The molecule has 1 amide bonds. The second-order valence-electron chi connectivity index (χ2n) is 5.08. The van der Waals surface area contributed by atoms with E-state index in [1.807, 2.05) is 0 Å². The minimum absolute atomic E-state index is 0.0558. The predicted molar refractivity (Wildman–Crippen MR) is 84.5 cm³/mol. The fourth-order valence-corrected chi connectivity index (χ4v) is 2.71. The number of carbonyl (C=O) groups is 2. The smallest absolute Gasteiger partial charge is 0.290 e. The van der Waals surface area contributed by atoms with Gasteiger partial charge in [0.2, 0.25) is 0 Å². The van der Waals surface area contributed by atoms with Crippen LogP contribution in [0.3, 0.4) is 0 Å². The molecule has 0 saturated carbocycles. The zero-order valence-corrected chi connectivity index (χ0v) is 13.3. The first kappa shape index (κ1) is 16.6. The Morgan fingerprint density at radius 3 is 2.61 bits per heavy atom. The van der Waals surface area contributed by atoms with Gasteiger partial charge in [-0.05, 0) is 19.1 Å². The zero-order valence-electron chi connectivity index (χ0n) is 13.3. The van der Waals surface area contributed by atoms with Crippen LogP contribution < -0.4 is 9.47 Å². The fraction of sp³-hybridized carbons (Fsp3) is 0.294. The van der Waals surface area contributed by atoms with Gasteiger partial charge in [0.1, 0.15) is 11.5 Å². The van der Waals surface area contributed by atoms with Gasteiger partial charge in [-0.2, -0.15) is 0 Å². The van der Waals surface area contributed by atoms with Gasteiger partial charge >= 0.3 is 0 Å². The summed E-state index contributed by atoms with van der Waals surface area (Å²) in [7, 11) is 3.02. The zero-order chi connectivity index (χ0) is 17.1. The lowest BCUT2D eigenvalue weighted by molar-refractivity contribution is -0.128. The van der Waals surface area contributed by atoms with E-state index in [2.05, 4.69) is 6.58 Å². The molecule has 1 aromatic rings. The molecule has 1 atom stereocenters. The van der Waals surface area contributed by atoms with E-state index in [4.69, 9.17) is 9.47 Å². The lowest BCUT2D eigenvalue weighted by Crippen LogP contribution is -2.31. The molecule has 1 aliphatic heterocycles. The van der Waals surface area contributed by atoms with Gasteiger partial charge in [-0.25, -0.2) is 0 Å². The maximum Gasteiger partial charge on any atom is 0.290 e. The number of amides is 1. The Morgan fingerprint density at radius 2 is 2.09 bits per heavy atom. The highest BCUT2D eigenvalue weighted by Gasteiger charge is 2.42. The summed E-state index contributed by atoms with van der Waals surface area (Å²) in [5.74, 6) is -0.446. The minimum atomic E-state index is -0.723. The van der Waals surface area contributed by atoms with Crippen molar-refractivity contribution in [1.29, 1.82) is 0 Å². The van der Waals surface area contributed by atoms with Crippen molar-refractivity contribution in [3.63, 3.8) is 0 Å². The van der Waals surface area contributed by atoms with Gasteiger partial charge in [0, 0.05) is 18.2 Å². The van der Waals surface area contributed by atoms with Crippen molar-refractivity contribution in [2.24, 2.45) is 0 Å². The molecule has 0 radical (unpaired) electrons. The summed E-state index contributed by atoms with van der Waals surface area (Å²) in [6, 6.07) is 4.37. The van der Waals surface area contributed by atoms with Crippen molar-refractivity contribution in [3.8, 4) is 11.5 Å². The number of rotatable bonds is 6. The van der Waals surface area contributed by atoms with Crippen LogP contribution >= 0.6 is 0 Å². The number of ketones is 1. The number of benzene rings is 1. The van der Waals surface area contributed by atoms with Crippen LogP contribution in [0, 0.1) is 0 Å². The fourth-order valence-electron chi connectivity index (χ4n) is 2.71. The molecule has 1 aliphatic rings. The first-order valence-corrected chi connectivity index (χ1v) is 7.04. The van der Waals surface area contributed by atoms with E-state index in [0.717, 1.165) is 0 Å². The average molecular weight is 317 g/mol. The van der Waals surface area contributed by atoms with Crippen LogP contribution in [0.4, 0.5) is 0 Å². The van der Waals surface area contributed by atoms with Gasteiger partial charge in [-0.3, -0.25) is 9.59 Å². The maximum atomic E-state index is 12.3. The Hall–Kier alpha value is -2.76. The summed E-state index contributed by atoms with van der Waals surface area (Å²) in [6.07, 6.45) is 1.54. The molecule has 0 fully saturated rings. The van der Waals surface area contributed by atoms with Crippen molar-refractivity contribution < 1.29 is 24.2 Å². The van der Waals surface area contributed by atoms with Gasteiger partial charge in [0.15, 0.2) is 11.5 Å². The van der Waals surface area contributed by atoms with Crippen LogP contribution in [-0.2, 0) is 9.59 Å². The summed E-state index contributed by atoms with van der Waals surface area (Å²) in [5.41, 5.74) is 0.651. The molecule has 2 rings (SSSR count). The number of hydrogen-bond donors (Lipinski definition) is 1. The van der Waals surface area contributed by atoms with Crippen molar-refractivity contribution in [2.45, 2.75) is 13.0 Å². The van der Waals surface area contributed by atoms with Crippen molar-refractivity contribution in [3.05, 3.63) is 47.7 Å². The van der Waals surface area contributed by atoms with E-state index >= 15 is 0 Å². The number of aliphatic hydroxyl groups excluding tert-OH is 1. The summed E-state index contributed by atoms with van der Waals surface area (Å²) in [4.78, 5) is 25.6. The monoisotopic (exact) mass is 317 g/mol. The first-order chi connectivity index (χ1) is 11.0. The third-order valence-corrected chi connectivity index (χ3v) is 3.74. The largest absolute Gasteiger partial charge is 0.503 e. The van der Waals surface area contributed by atoms with E-state index in [1.165, 1.54) is 32.1 Å². The Balaban J connectivity index is 2.63. The quantitative estimate of drug-likeness (QED) is 0.814. The van der Waals surface area contributed by atoms with Gasteiger partial charge < -0.3 is 19.5 Å². The molecule has 0 aromatic heterocycles. The molecular weight excluding hydrogens is 298 g/mol. The number of nitrogens with zero attached hydrogens (tertiary/aromatic N) is 1. The molecule has 1 unspecified atom stereocenters. The van der Waals surface area contributed by atoms with Gasteiger partial charge in [0.25, 0.3) is 5.91 Å². The lowest BCUT2D eigenvalue weighted by atomic mass is 9.95. The van der Waals surface area contributed by atoms with Crippen molar-refractivity contribution in [1.82, 2.24) is 4.90 Å². The predicted octanol–water partition coefficient (Wildman–Crippen LogP) is 2.17. The van der Waals surface area contributed by atoms with Crippen LogP contribution in [0.2, 0.25) is 0 Å². The summed E-state index contributed by atoms with van der Waals surface area (Å²) < 4.78 is 10.5. The molecule has 23 heavy (non-hydrogen) atoms. The van der Waals surface area contributed by atoms with Crippen LogP contribution in [0.25, 0.3) is 0 Å². The van der Waals surface area contributed by atoms with Gasteiger partial charge in [0.05, 0.1) is 25.8 Å². The molecule has 1 N–H and O–H groups in total. The van der Waals surface area contributed by atoms with E-state index < -0.39 is 17.7 Å². The second-order valence-corrected chi connectivity index (χ2v) is 5.08. The number of methoxy groups -OCH3 is 2. The lowest BCUT2D eigenvalue weighted by Gasteiger charge is -2.26. The molecular formula is C17H19NO5. The molecule has 0 spiro atoms. The Kier molecular flexibility index (Phi) is 4.74. The maximum absolute atomic E-state index is 12.3. The summed E-state index contributed by atoms with van der Waals surface area (Å²) in [5, 5.41) is 10.1. The van der Waals surface area contributed by atoms with E-state index in [0.29, 0.717) is 17.1 Å². The molecule has 0 saturated heterocycles. The SMILES string of the molecule is C=CCN1C(=O)C(O)=C(C(C)=O)C1c1ccc(OC)cc1OC. The Bertz CT molecular complexity index is 692. The van der Waals surface area contributed by atoms with Crippen LogP contribution in [0.5, 0.6) is 11.5 Å². The van der Waals surface area contributed by atoms with E-state index in [1.54, 1.807) is 18.2 Å². The first-order valence-electron chi connectivity index (χ1n) is 7.04. The van der Waals surface area contributed by atoms with Crippen LogP contribution in [-0.4, -0.2) is 42.5 Å². The normalized spacial score (nSPS) is 17.4. The second kappa shape index (κ2) is 6.56. The van der Waals surface area contributed by atoms with E-state index in [-0.39, 0.29) is 17.9 Å². The molecule has 122 valence electrons. The molecule has 0 bridgehead atoms. The Morgan fingerprint density at radius 1 is 1.39 bits per heavy atom. The molecule has 6 nitrogen and oxygen atoms in total. The number of ether oxygens (including phenoxy) is 2. The number of hydrogen-bond acceptors (Lipinski definition) is 5. The third-order valence-electron chi connectivity index (χ3n) is 3.74. The Labute approximate surface area is 134 Å². The summed E-state index contributed by atoms with van der Waals surface area (Å²) in [6.45, 7) is 5.13. The molecule has 0 aliphatic carbocycles. The highest BCUT2D eigenvalue weighted by Crippen LogP contribution is 2.42. The van der Waals surface area contributed by atoms with Gasteiger partial charge in [-0.1, -0.05) is 6.08 Å².